The van der Waals surface area contributed by atoms with Gasteiger partial charge in [-0.15, -0.1) is 0 Å². The molecule has 1 aromatic carbocycles. The Hall–Kier alpha value is -1.09. The van der Waals surface area contributed by atoms with E-state index in [0.29, 0.717) is 6.04 Å². The maximum atomic E-state index is 5.57. The molecule has 1 aromatic rings. The molecule has 0 spiro atoms. The van der Waals surface area contributed by atoms with E-state index in [0.717, 1.165) is 17.3 Å². The van der Waals surface area contributed by atoms with E-state index in [1.54, 1.807) is 0 Å². The molecular weight excluding hydrogens is 240 g/mol. The zero-order valence-electron chi connectivity index (χ0n) is 11.3. The fourth-order valence-corrected chi connectivity index (χ4v) is 2.86. The molecule has 2 rings (SSSR count). The first kappa shape index (κ1) is 13.3. The lowest BCUT2D eigenvalue weighted by molar-refractivity contribution is 0.341. The van der Waals surface area contributed by atoms with Crippen molar-refractivity contribution in [1.29, 1.82) is 0 Å². The van der Waals surface area contributed by atoms with Crippen LogP contribution in [0.15, 0.2) is 24.3 Å². The SMILES string of the molecule is Cc1ccccc1NC(=S)N1CCCCCC1C. The van der Waals surface area contributed by atoms with Crippen LogP contribution in [0.1, 0.15) is 38.2 Å². The summed E-state index contributed by atoms with van der Waals surface area (Å²) in [7, 11) is 0. The first-order valence-electron chi connectivity index (χ1n) is 6.82. The van der Waals surface area contributed by atoms with E-state index in [1.165, 1.54) is 31.2 Å². The minimum absolute atomic E-state index is 0.552. The molecule has 1 heterocycles. The van der Waals surface area contributed by atoms with Gasteiger partial charge in [-0.05, 0) is 50.5 Å². The lowest BCUT2D eigenvalue weighted by Crippen LogP contribution is -2.41. The van der Waals surface area contributed by atoms with Crippen LogP contribution in [-0.4, -0.2) is 22.6 Å². The average Bonchev–Trinajstić information content (AvgIpc) is 2.57. The molecule has 0 aromatic heterocycles. The van der Waals surface area contributed by atoms with Gasteiger partial charge < -0.3 is 10.2 Å². The highest BCUT2D eigenvalue weighted by Gasteiger charge is 2.19. The minimum atomic E-state index is 0.552. The summed E-state index contributed by atoms with van der Waals surface area (Å²) >= 11 is 5.57. The third kappa shape index (κ3) is 3.22. The molecular formula is C15H22N2S. The Morgan fingerprint density at radius 2 is 2.06 bits per heavy atom. The quantitative estimate of drug-likeness (QED) is 0.771. The average molecular weight is 262 g/mol. The van der Waals surface area contributed by atoms with Crippen LogP contribution < -0.4 is 5.32 Å². The number of para-hydroxylation sites is 1. The van der Waals surface area contributed by atoms with Crippen molar-refractivity contribution in [2.45, 2.75) is 45.6 Å². The number of nitrogens with one attached hydrogen (secondary N) is 1. The molecule has 2 nitrogen and oxygen atoms in total. The number of thiocarbonyl (C=S) groups is 1. The topological polar surface area (TPSA) is 15.3 Å². The van der Waals surface area contributed by atoms with Gasteiger partial charge in [-0.25, -0.2) is 0 Å². The first-order valence-corrected chi connectivity index (χ1v) is 7.22. The second-order valence-electron chi connectivity index (χ2n) is 5.14. The summed E-state index contributed by atoms with van der Waals surface area (Å²) < 4.78 is 0. The number of hydrogen-bond donors (Lipinski definition) is 1. The Morgan fingerprint density at radius 3 is 2.83 bits per heavy atom. The molecule has 0 saturated carbocycles. The van der Waals surface area contributed by atoms with Crippen molar-refractivity contribution in [3.8, 4) is 0 Å². The molecule has 98 valence electrons. The number of rotatable bonds is 1. The Kier molecular flexibility index (Phi) is 4.59. The van der Waals surface area contributed by atoms with Gasteiger partial charge in [0, 0.05) is 18.3 Å². The van der Waals surface area contributed by atoms with Crippen LogP contribution in [-0.2, 0) is 0 Å². The Labute approximate surface area is 115 Å². The standard InChI is InChI=1S/C15H22N2S/c1-12-8-5-6-10-14(12)16-15(18)17-11-7-3-4-9-13(17)2/h5-6,8,10,13H,3-4,7,9,11H2,1-2H3,(H,16,18). The van der Waals surface area contributed by atoms with Crippen molar-refractivity contribution in [2.24, 2.45) is 0 Å². The van der Waals surface area contributed by atoms with Gasteiger partial charge in [-0.3, -0.25) is 0 Å². The van der Waals surface area contributed by atoms with E-state index in [4.69, 9.17) is 12.2 Å². The summed E-state index contributed by atoms with van der Waals surface area (Å²) in [6.07, 6.45) is 5.15. The van der Waals surface area contributed by atoms with Gasteiger partial charge in [-0.2, -0.15) is 0 Å². The molecule has 1 unspecified atom stereocenters. The molecule has 0 aliphatic carbocycles. The lowest BCUT2D eigenvalue weighted by atomic mass is 10.1. The zero-order chi connectivity index (χ0) is 13.0. The highest BCUT2D eigenvalue weighted by atomic mass is 32.1. The molecule has 1 aliphatic rings. The predicted molar refractivity (Wildman–Crippen MR) is 82.0 cm³/mol. The van der Waals surface area contributed by atoms with Gasteiger partial charge >= 0.3 is 0 Å². The van der Waals surface area contributed by atoms with E-state index in [9.17, 15) is 0 Å². The van der Waals surface area contributed by atoms with Crippen molar-refractivity contribution in [2.75, 3.05) is 11.9 Å². The summed E-state index contributed by atoms with van der Waals surface area (Å²) in [5.74, 6) is 0. The van der Waals surface area contributed by atoms with Crippen LogP contribution >= 0.6 is 12.2 Å². The van der Waals surface area contributed by atoms with Crippen molar-refractivity contribution in [3.63, 3.8) is 0 Å². The van der Waals surface area contributed by atoms with E-state index in [1.807, 2.05) is 6.07 Å². The van der Waals surface area contributed by atoms with Crippen LogP contribution in [0.4, 0.5) is 5.69 Å². The highest BCUT2D eigenvalue weighted by Crippen LogP contribution is 2.19. The summed E-state index contributed by atoms with van der Waals surface area (Å²) in [4.78, 5) is 2.34. The summed E-state index contributed by atoms with van der Waals surface area (Å²) in [6.45, 7) is 5.47. The van der Waals surface area contributed by atoms with Crippen LogP contribution in [0.25, 0.3) is 0 Å². The third-order valence-corrected chi connectivity index (χ3v) is 4.04. The second-order valence-corrected chi connectivity index (χ2v) is 5.52. The molecule has 1 N–H and O–H groups in total. The van der Waals surface area contributed by atoms with Gasteiger partial charge in [0.05, 0.1) is 0 Å². The maximum absolute atomic E-state index is 5.57. The van der Waals surface area contributed by atoms with Crippen molar-refractivity contribution in [1.82, 2.24) is 4.90 Å². The molecule has 0 radical (unpaired) electrons. The third-order valence-electron chi connectivity index (χ3n) is 3.70. The number of benzene rings is 1. The van der Waals surface area contributed by atoms with Crippen LogP contribution in [0.2, 0.25) is 0 Å². The van der Waals surface area contributed by atoms with E-state index in [2.05, 4.69) is 42.3 Å². The molecule has 3 heteroatoms. The van der Waals surface area contributed by atoms with Crippen molar-refractivity contribution in [3.05, 3.63) is 29.8 Å². The van der Waals surface area contributed by atoms with Gasteiger partial charge in [0.25, 0.3) is 0 Å². The van der Waals surface area contributed by atoms with E-state index >= 15 is 0 Å². The maximum Gasteiger partial charge on any atom is 0.173 e. The van der Waals surface area contributed by atoms with Gasteiger partial charge in [0.1, 0.15) is 0 Å². The van der Waals surface area contributed by atoms with Crippen LogP contribution in [0.5, 0.6) is 0 Å². The number of nitrogens with zero attached hydrogens (tertiary/aromatic N) is 1. The lowest BCUT2D eigenvalue weighted by Gasteiger charge is -2.30. The van der Waals surface area contributed by atoms with Gasteiger partial charge in [-0.1, -0.05) is 31.0 Å². The van der Waals surface area contributed by atoms with E-state index in [-0.39, 0.29) is 0 Å². The number of likely N-dealkylation sites (tertiary alicyclic amines) is 1. The first-order chi connectivity index (χ1) is 8.68. The summed E-state index contributed by atoms with van der Waals surface area (Å²) in [5, 5.41) is 4.27. The minimum Gasteiger partial charge on any atom is -0.346 e. The van der Waals surface area contributed by atoms with Crippen molar-refractivity contribution < 1.29 is 0 Å². The normalized spacial score (nSPS) is 20.3. The predicted octanol–water partition coefficient (Wildman–Crippen LogP) is 3.96. The molecule has 1 fully saturated rings. The number of aryl methyl sites for hydroxylation is 1. The Morgan fingerprint density at radius 1 is 1.28 bits per heavy atom. The number of hydrogen-bond acceptors (Lipinski definition) is 1. The monoisotopic (exact) mass is 262 g/mol. The molecule has 1 aliphatic heterocycles. The summed E-state index contributed by atoms with van der Waals surface area (Å²) in [5.41, 5.74) is 2.36. The highest BCUT2D eigenvalue weighted by molar-refractivity contribution is 7.80. The zero-order valence-corrected chi connectivity index (χ0v) is 12.1. The molecule has 0 amide bonds. The summed E-state index contributed by atoms with van der Waals surface area (Å²) in [6, 6.07) is 8.85. The smallest absolute Gasteiger partial charge is 0.173 e. The second kappa shape index (κ2) is 6.19. The van der Waals surface area contributed by atoms with E-state index < -0.39 is 0 Å². The molecule has 0 bridgehead atoms. The van der Waals surface area contributed by atoms with Crippen LogP contribution in [0.3, 0.4) is 0 Å². The largest absolute Gasteiger partial charge is 0.346 e. The van der Waals surface area contributed by atoms with Crippen molar-refractivity contribution >= 4 is 23.0 Å². The number of anilines is 1. The van der Waals surface area contributed by atoms with Gasteiger partial charge in [0.2, 0.25) is 0 Å². The fraction of sp³-hybridized carbons (Fsp3) is 0.533. The van der Waals surface area contributed by atoms with Crippen LogP contribution in [0, 0.1) is 6.92 Å². The molecule has 1 atom stereocenters. The Balaban J connectivity index is 2.04. The Bertz CT molecular complexity index is 417. The fourth-order valence-electron chi connectivity index (χ4n) is 2.48. The molecule has 18 heavy (non-hydrogen) atoms. The molecule has 1 saturated heterocycles. The van der Waals surface area contributed by atoms with Gasteiger partial charge in [0.15, 0.2) is 5.11 Å².